The van der Waals surface area contributed by atoms with E-state index in [9.17, 15) is 0 Å². The van der Waals surface area contributed by atoms with Crippen LogP contribution in [0.5, 0.6) is 0 Å². The summed E-state index contributed by atoms with van der Waals surface area (Å²) in [5.74, 6) is 0. The van der Waals surface area contributed by atoms with E-state index in [2.05, 4.69) is 22.7 Å². The molecule has 29 heavy (non-hydrogen) atoms. The van der Waals surface area contributed by atoms with Gasteiger partial charge in [-0.3, -0.25) is 5.43 Å². The number of aromatic nitrogens is 1. The lowest BCUT2D eigenvalue weighted by Crippen LogP contribution is -1.91. The maximum atomic E-state index is 6.19. The number of halogens is 3. The molecule has 0 radical (unpaired) electrons. The summed E-state index contributed by atoms with van der Waals surface area (Å²) in [6, 6.07) is 23.0. The number of hydrazone groups is 1. The van der Waals surface area contributed by atoms with E-state index < -0.39 is 0 Å². The van der Waals surface area contributed by atoms with Crippen LogP contribution in [0.15, 0.2) is 77.9 Å². The monoisotopic (exact) mass is 457 g/mol. The minimum absolute atomic E-state index is 0.536. The highest BCUT2D eigenvalue weighted by Gasteiger charge is 2.14. The Morgan fingerprint density at radius 1 is 0.828 bits per heavy atom. The molecule has 0 amide bonds. The average molecular weight is 459 g/mol. The zero-order chi connectivity index (χ0) is 20.2. The fourth-order valence-corrected chi connectivity index (χ4v) is 4.25. The standard InChI is InChI=1S/C22H14Cl3N3S/c23-17-9-6-14(7-10-17)20-21(15-4-2-1-3-5-15)29-22(27-20)28-26-13-16-8-11-18(24)12-19(16)25/h1-13H,(H,27,28)/b26-13+. The third-order valence-electron chi connectivity index (χ3n) is 4.11. The van der Waals surface area contributed by atoms with Crippen molar-refractivity contribution in [3.63, 3.8) is 0 Å². The van der Waals surface area contributed by atoms with Crippen LogP contribution in [0.4, 0.5) is 5.13 Å². The molecule has 0 fully saturated rings. The molecule has 4 rings (SSSR count). The number of hydrogen-bond acceptors (Lipinski definition) is 4. The first kappa shape index (κ1) is 19.9. The smallest absolute Gasteiger partial charge is 0.204 e. The summed E-state index contributed by atoms with van der Waals surface area (Å²) in [4.78, 5) is 5.80. The summed E-state index contributed by atoms with van der Waals surface area (Å²) in [5, 5.41) is 6.77. The second-order valence-corrected chi connectivity index (χ2v) is 8.38. The third kappa shape index (κ3) is 4.80. The van der Waals surface area contributed by atoms with Gasteiger partial charge in [0.25, 0.3) is 0 Å². The maximum Gasteiger partial charge on any atom is 0.204 e. The van der Waals surface area contributed by atoms with Crippen LogP contribution in [0.2, 0.25) is 15.1 Å². The van der Waals surface area contributed by atoms with Crippen molar-refractivity contribution < 1.29 is 0 Å². The first-order valence-corrected chi connectivity index (χ1v) is 10.6. The van der Waals surface area contributed by atoms with Crippen LogP contribution in [0.1, 0.15) is 5.56 Å². The summed E-state index contributed by atoms with van der Waals surface area (Å²) in [7, 11) is 0. The van der Waals surface area contributed by atoms with E-state index in [1.54, 1.807) is 18.3 Å². The van der Waals surface area contributed by atoms with E-state index >= 15 is 0 Å². The van der Waals surface area contributed by atoms with Crippen molar-refractivity contribution in [1.29, 1.82) is 0 Å². The molecule has 0 atom stereocenters. The molecule has 1 N–H and O–H groups in total. The van der Waals surface area contributed by atoms with E-state index in [4.69, 9.17) is 39.8 Å². The van der Waals surface area contributed by atoms with Gasteiger partial charge in [0, 0.05) is 21.2 Å². The molecular formula is C22H14Cl3N3S. The van der Waals surface area contributed by atoms with Crippen LogP contribution >= 0.6 is 46.1 Å². The van der Waals surface area contributed by atoms with E-state index in [1.165, 1.54) is 11.3 Å². The Morgan fingerprint density at radius 3 is 2.28 bits per heavy atom. The molecule has 0 saturated carbocycles. The topological polar surface area (TPSA) is 37.3 Å². The van der Waals surface area contributed by atoms with Crippen molar-refractivity contribution in [3.05, 3.63) is 93.4 Å². The highest BCUT2D eigenvalue weighted by Crippen LogP contribution is 2.39. The molecule has 0 aliphatic rings. The molecule has 0 unspecified atom stereocenters. The number of nitrogens with zero attached hydrogens (tertiary/aromatic N) is 2. The minimum atomic E-state index is 0.536. The third-order valence-corrected chi connectivity index (χ3v) is 5.93. The van der Waals surface area contributed by atoms with Crippen molar-refractivity contribution in [3.8, 4) is 21.7 Å². The average Bonchev–Trinajstić information content (AvgIpc) is 3.15. The zero-order valence-corrected chi connectivity index (χ0v) is 18.0. The number of nitrogens with one attached hydrogen (secondary N) is 1. The lowest BCUT2D eigenvalue weighted by Gasteiger charge is -2.02. The molecule has 0 spiro atoms. The van der Waals surface area contributed by atoms with Gasteiger partial charge in [-0.2, -0.15) is 5.10 Å². The first-order chi connectivity index (χ1) is 14.1. The van der Waals surface area contributed by atoms with Gasteiger partial charge < -0.3 is 0 Å². The Kier molecular flexibility index (Phi) is 6.16. The predicted molar refractivity (Wildman–Crippen MR) is 126 cm³/mol. The fourth-order valence-electron chi connectivity index (χ4n) is 2.72. The second kappa shape index (κ2) is 8.97. The van der Waals surface area contributed by atoms with Gasteiger partial charge in [-0.1, -0.05) is 94.7 Å². The number of hydrogen-bond donors (Lipinski definition) is 1. The highest BCUT2D eigenvalue weighted by atomic mass is 35.5. The van der Waals surface area contributed by atoms with Crippen molar-refractivity contribution >= 4 is 57.5 Å². The van der Waals surface area contributed by atoms with E-state index in [0.29, 0.717) is 20.2 Å². The zero-order valence-electron chi connectivity index (χ0n) is 14.9. The van der Waals surface area contributed by atoms with Gasteiger partial charge in [0.1, 0.15) is 0 Å². The van der Waals surface area contributed by atoms with Gasteiger partial charge in [-0.15, -0.1) is 0 Å². The van der Waals surface area contributed by atoms with Gasteiger partial charge in [0.2, 0.25) is 5.13 Å². The summed E-state index contributed by atoms with van der Waals surface area (Å²) >= 11 is 19.7. The SMILES string of the molecule is Clc1ccc(-c2nc(N/N=C/c3ccc(Cl)cc3Cl)sc2-c2ccccc2)cc1. The Morgan fingerprint density at radius 2 is 1.55 bits per heavy atom. The van der Waals surface area contributed by atoms with Crippen molar-refractivity contribution in [1.82, 2.24) is 4.98 Å². The first-order valence-electron chi connectivity index (χ1n) is 8.66. The Labute approximate surface area is 187 Å². The lowest BCUT2D eigenvalue weighted by molar-refractivity contribution is 1.29. The molecule has 1 aromatic heterocycles. The summed E-state index contributed by atoms with van der Waals surface area (Å²) in [6.45, 7) is 0. The molecule has 1 heterocycles. The molecule has 0 saturated heterocycles. The number of thiazole rings is 1. The Bertz CT molecular complexity index is 1160. The Hall–Kier alpha value is -2.37. The van der Waals surface area contributed by atoms with Gasteiger partial charge in [-0.25, -0.2) is 4.98 Å². The predicted octanol–water partition coefficient (Wildman–Crippen LogP) is 7.88. The molecule has 3 nitrogen and oxygen atoms in total. The largest absolute Gasteiger partial charge is 0.253 e. The molecule has 144 valence electrons. The highest BCUT2D eigenvalue weighted by molar-refractivity contribution is 7.19. The van der Waals surface area contributed by atoms with Crippen LogP contribution in [0.25, 0.3) is 21.7 Å². The van der Waals surface area contributed by atoms with Crippen LogP contribution in [-0.4, -0.2) is 11.2 Å². The summed E-state index contributed by atoms with van der Waals surface area (Å²) in [5.41, 5.74) is 6.72. The fraction of sp³-hybridized carbons (Fsp3) is 0. The summed E-state index contributed by atoms with van der Waals surface area (Å²) in [6.07, 6.45) is 1.64. The number of benzene rings is 3. The molecular weight excluding hydrogens is 445 g/mol. The maximum absolute atomic E-state index is 6.19. The van der Waals surface area contributed by atoms with Crippen LogP contribution < -0.4 is 5.43 Å². The van der Waals surface area contributed by atoms with E-state index in [-0.39, 0.29) is 0 Å². The molecule has 7 heteroatoms. The minimum Gasteiger partial charge on any atom is -0.253 e. The molecule has 4 aromatic rings. The number of rotatable bonds is 5. The van der Waals surface area contributed by atoms with Gasteiger partial charge >= 0.3 is 0 Å². The van der Waals surface area contributed by atoms with Crippen molar-refractivity contribution in [2.75, 3.05) is 5.43 Å². The van der Waals surface area contributed by atoms with E-state index in [0.717, 1.165) is 27.3 Å². The quantitative estimate of drug-likeness (QED) is 0.244. The number of anilines is 1. The van der Waals surface area contributed by atoms with Crippen LogP contribution in [0.3, 0.4) is 0 Å². The van der Waals surface area contributed by atoms with Gasteiger partial charge in [0.05, 0.1) is 21.8 Å². The molecule has 0 aliphatic heterocycles. The Balaban J connectivity index is 1.66. The summed E-state index contributed by atoms with van der Waals surface area (Å²) < 4.78 is 0. The van der Waals surface area contributed by atoms with Gasteiger partial charge in [0.15, 0.2) is 0 Å². The second-order valence-electron chi connectivity index (χ2n) is 6.11. The van der Waals surface area contributed by atoms with Crippen LogP contribution in [-0.2, 0) is 0 Å². The van der Waals surface area contributed by atoms with Crippen molar-refractivity contribution in [2.24, 2.45) is 5.10 Å². The lowest BCUT2D eigenvalue weighted by atomic mass is 10.1. The van der Waals surface area contributed by atoms with Gasteiger partial charge in [-0.05, 0) is 29.8 Å². The van der Waals surface area contributed by atoms with Crippen LogP contribution in [0, 0.1) is 0 Å². The molecule has 0 aliphatic carbocycles. The molecule has 3 aromatic carbocycles. The normalized spacial score (nSPS) is 11.1. The van der Waals surface area contributed by atoms with Crippen molar-refractivity contribution in [2.45, 2.75) is 0 Å². The van der Waals surface area contributed by atoms with E-state index in [1.807, 2.05) is 48.5 Å². The molecule has 0 bridgehead atoms.